The van der Waals surface area contributed by atoms with Crippen molar-refractivity contribution in [3.63, 3.8) is 0 Å². The summed E-state index contributed by atoms with van der Waals surface area (Å²) in [6, 6.07) is 9.23. The third kappa shape index (κ3) is 4.43. The molecule has 0 aromatic heterocycles. The monoisotopic (exact) mass is 248 g/mol. The van der Waals surface area contributed by atoms with E-state index in [-0.39, 0.29) is 6.04 Å². The van der Waals surface area contributed by atoms with Crippen molar-refractivity contribution in [1.29, 1.82) is 0 Å². The number of nitrogens with zero attached hydrogens (tertiary/aromatic N) is 1. The van der Waals surface area contributed by atoms with Crippen LogP contribution in [0.5, 0.6) is 0 Å². The quantitative estimate of drug-likeness (QED) is 0.748. The largest absolute Gasteiger partial charge is 0.326 e. The van der Waals surface area contributed by atoms with Gasteiger partial charge in [0.2, 0.25) is 0 Å². The topological polar surface area (TPSA) is 29.3 Å². The lowest BCUT2D eigenvalue weighted by atomic mass is 9.98. The molecule has 2 nitrogen and oxygen atoms in total. The highest BCUT2D eigenvalue weighted by molar-refractivity contribution is 5.25. The van der Waals surface area contributed by atoms with E-state index in [9.17, 15) is 0 Å². The van der Waals surface area contributed by atoms with Gasteiger partial charge in [0.15, 0.2) is 0 Å². The van der Waals surface area contributed by atoms with E-state index in [4.69, 9.17) is 5.73 Å². The molecule has 102 valence electrons. The fraction of sp³-hybridized carbons (Fsp3) is 0.625. The second-order valence-corrected chi connectivity index (χ2v) is 5.40. The molecule has 18 heavy (non-hydrogen) atoms. The maximum absolute atomic E-state index is 6.17. The summed E-state index contributed by atoms with van der Waals surface area (Å²) in [5.74, 6) is 0. The van der Waals surface area contributed by atoms with Gasteiger partial charge in [-0.2, -0.15) is 0 Å². The van der Waals surface area contributed by atoms with Gasteiger partial charge in [-0.3, -0.25) is 4.90 Å². The Morgan fingerprint density at radius 1 is 1.17 bits per heavy atom. The van der Waals surface area contributed by atoms with E-state index in [1.165, 1.54) is 30.4 Å². The van der Waals surface area contributed by atoms with Crippen molar-refractivity contribution >= 4 is 0 Å². The Hall–Kier alpha value is -0.860. The lowest BCUT2D eigenvalue weighted by Gasteiger charge is -2.31. The Balaban J connectivity index is 2.72. The zero-order valence-electron chi connectivity index (χ0n) is 12.3. The second kappa shape index (κ2) is 7.55. The van der Waals surface area contributed by atoms with E-state index in [0.29, 0.717) is 6.04 Å². The van der Waals surface area contributed by atoms with Crippen molar-refractivity contribution < 1.29 is 0 Å². The van der Waals surface area contributed by atoms with Gasteiger partial charge in [0.1, 0.15) is 0 Å². The highest BCUT2D eigenvalue weighted by Crippen LogP contribution is 2.23. The van der Waals surface area contributed by atoms with Crippen molar-refractivity contribution in [2.24, 2.45) is 5.73 Å². The first-order chi connectivity index (χ1) is 8.56. The summed E-state index contributed by atoms with van der Waals surface area (Å²) >= 11 is 0. The van der Waals surface area contributed by atoms with Crippen LogP contribution in [0.15, 0.2) is 24.3 Å². The SMILES string of the molecule is CCCCCN(C)C(c1ccc(C)cc1)C(C)N. The molecule has 0 saturated heterocycles. The molecule has 0 radical (unpaired) electrons. The van der Waals surface area contributed by atoms with Crippen molar-refractivity contribution in [2.75, 3.05) is 13.6 Å². The molecule has 0 heterocycles. The van der Waals surface area contributed by atoms with Gasteiger partial charge in [-0.15, -0.1) is 0 Å². The van der Waals surface area contributed by atoms with Gasteiger partial charge in [-0.25, -0.2) is 0 Å². The molecule has 2 atom stereocenters. The second-order valence-electron chi connectivity index (χ2n) is 5.40. The van der Waals surface area contributed by atoms with Crippen molar-refractivity contribution in [2.45, 2.75) is 52.1 Å². The summed E-state index contributed by atoms with van der Waals surface area (Å²) in [7, 11) is 2.18. The number of hydrogen-bond donors (Lipinski definition) is 1. The minimum absolute atomic E-state index is 0.152. The molecule has 2 unspecified atom stereocenters. The first kappa shape index (κ1) is 15.2. The minimum atomic E-state index is 0.152. The van der Waals surface area contributed by atoms with Crippen LogP contribution in [-0.4, -0.2) is 24.5 Å². The molecule has 0 aliphatic rings. The molecule has 0 spiro atoms. The molecule has 0 amide bonds. The third-order valence-electron chi connectivity index (χ3n) is 3.51. The zero-order valence-corrected chi connectivity index (χ0v) is 12.3. The first-order valence-corrected chi connectivity index (χ1v) is 7.08. The summed E-state index contributed by atoms with van der Waals surface area (Å²) in [5.41, 5.74) is 8.80. The minimum Gasteiger partial charge on any atom is -0.326 e. The molecule has 1 rings (SSSR count). The molecule has 0 fully saturated rings. The first-order valence-electron chi connectivity index (χ1n) is 7.08. The standard InChI is InChI=1S/C16H28N2/c1-5-6-7-12-18(4)16(14(3)17)15-10-8-13(2)9-11-15/h8-11,14,16H,5-7,12,17H2,1-4H3. The summed E-state index contributed by atoms with van der Waals surface area (Å²) in [5, 5.41) is 0. The molecule has 0 saturated carbocycles. The predicted octanol–water partition coefficient (Wildman–Crippen LogP) is 3.51. The Labute approximate surface area is 112 Å². The van der Waals surface area contributed by atoms with Gasteiger partial charge in [-0.1, -0.05) is 49.6 Å². The van der Waals surface area contributed by atoms with Gasteiger partial charge >= 0.3 is 0 Å². The highest BCUT2D eigenvalue weighted by Gasteiger charge is 2.20. The van der Waals surface area contributed by atoms with Gasteiger partial charge in [-0.05, 0) is 39.4 Å². The fourth-order valence-corrected chi connectivity index (χ4v) is 2.47. The third-order valence-corrected chi connectivity index (χ3v) is 3.51. The number of rotatable bonds is 7. The Bertz CT molecular complexity index is 329. The molecule has 0 aliphatic carbocycles. The molecular formula is C16H28N2. The highest BCUT2D eigenvalue weighted by atomic mass is 15.1. The van der Waals surface area contributed by atoms with Gasteiger partial charge < -0.3 is 5.73 Å². The van der Waals surface area contributed by atoms with Crippen LogP contribution in [0.4, 0.5) is 0 Å². The van der Waals surface area contributed by atoms with E-state index >= 15 is 0 Å². The molecule has 0 aliphatic heterocycles. The van der Waals surface area contributed by atoms with Crippen LogP contribution in [0.25, 0.3) is 0 Å². The summed E-state index contributed by atoms with van der Waals surface area (Å²) < 4.78 is 0. The van der Waals surface area contributed by atoms with Gasteiger partial charge in [0.25, 0.3) is 0 Å². The molecule has 2 heteroatoms. The average Bonchev–Trinajstić information content (AvgIpc) is 2.32. The van der Waals surface area contributed by atoms with Crippen LogP contribution in [0.3, 0.4) is 0 Å². The summed E-state index contributed by atoms with van der Waals surface area (Å²) in [6.07, 6.45) is 3.81. The predicted molar refractivity (Wildman–Crippen MR) is 79.7 cm³/mol. The van der Waals surface area contributed by atoms with Crippen molar-refractivity contribution in [3.8, 4) is 0 Å². The number of benzene rings is 1. The van der Waals surface area contributed by atoms with Crippen LogP contribution < -0.4 is 5.73 Å². The Kier molecular flexibility index (Phi) is 6.37. The fourth-order valence-electron chi connectivity index (χ4n) is 2.47. The molecule has 1 aromatic rings. The van der Waals surface area contributed by atoms with Crippen LogP contribution in [0.1, 0.15) is 50.3 Å². The molecule has 2 N–H and O–H groups in total. The Morgan fingerprint density at radius 3 is 2.28 bits per heavy atom. The van der Waals surface area contributed by atoms with Gasteiger partial charge in [0.05, 0.1) is 0 Å². The van der Waals surface area contributed by atoms with Gasteiger partial charge in [0, 0.05) is 12.1 Å². The zero-order chi connectivity index (χ0) is 13.5. The maximum Gasteiger partial charge on any atom is 0.0493 e. The van der Waals surface area contributed by atoms with Crippen LogP contribution >= 0.6 is 0 Å². The molecule has 0 bridgehead atoms. The smallest absolute Gasteiger partial charge is 0.0493 e. The maximum atomic E-state index is 6.17. The van der Waals surface area contributed by atoms with Crippen molar-refractivity contribution in [1.82, 2.24) is 4.90 Å². The number of nitrogens with two attached hydrogens (primary N) is 1. The number of likely N-dealkylation sites (N-methyl/N-ethyl adjacent to an activating group) is 1. The van der Waals surface area contributed by atoms with Crippen molar-refractivity contribution in [3.05, 3.63) is 35.4 Å². The number of aryl methyl sites for hydroxylation is 1. The van der Waals surface area contributed by atoms with E-state index in [2.05, 4.69) is 57.0 Å². The average molecular weight is 248 g/mol. The molecule has 1 aromatic carbocycles. The lowest BCUT2D eigenvalue weighted by molar-refractivity contribution is 0.215. The van der Waals surface area contributed by atoms with Crippen LogP contribution in [-0.2, 0) is 0 Å². The van der Waals surface area contributed by atoms with Crippen LogP contribution in [0.2, 0.25) is 0 Å². The lowest BCUT2D eigenvalue weighted by Crippen LogP contribution is -2.37. The normalized spacial score (nSPS) is 14.8. The van der Waals surface area contributed by atoms with E-state index < -0.39 is 0 Å². The summed E-state index contributed by atoms with van der Waals surface area (Å²) in [4.78, 5) is 2.39. The van der Waals surface area contributed by atoms with E-state index in [0.717, 1.165) is 6.54 Å². The number of unbranched alkanes of at least 4 members (excludes halogenated alkanes) is 2. The Morgan fingerprint density at radius 2 is 1.78 bits per heavy atom. The van der Waals surface area contributed by atoms with E-state index in [1.54, 1.807) is 0 Å². The summed E-state index contributed by atoms with van der Waals surface area (Å²) in [6.45, 7) is 7.58. The van der Waals surface area contributed by atoms with Crippen LogP contribution in [0, 0.1) is 6.92 Å². The molecular weight excluding hydrogens is 220 g/mol. The van der Waals surface area contributed by atoms with E-state index in [1.807, 2.05) is 0 Å². The number of hydrogen-bond acceptors (Lipinski definition) is 2.